The summed E-state index contributed by atoms with van der Waals surface area (Å²) >= 11 is 1.43. The van der Waals surface area contributed by atoms with E-state index in [1.807, 2.05) is 64.1 Å². The third-order valence-electron chi connectivity index (χ3n) is 3.47. The van der Waals surface area contributed by atoms with E-state index in [0.717, 1.165) is 5.56 Å². The summed E-state index contributed by atoms with van der Waals surface area (Å²) in [5, 5.41) is 0. The average Bonchev–Trinajstić information content (AvgIpc) is 2.76. The van der Waals surface area contributed by atoms with Crippen LogP contribution < -0.4 is 0 Å². The van der Waals surface area contributed by atoms with Crippen molar-refractivity contribution in [3.05, 3.63) is 101 Å². The molecule has 0 unspecified atom stereocenters. The Morgan fingerprint density at radius 1 is 0.778 bits per heavy atom. The molecule has 1 nitrogen and oxygen atoms in total. The summed E-state index contributed by atoms with van der Waals surface area (Å²) < 4.78 is 14.3. The minimum Gasteiger partial charge on any atom is -0.289 e. The van der Waals surface area contributed by atoms with Crippen LogP contribution >= 0.6 is 11.8 Å². The molecule has 0 bridgehead atoms. The average molecular weight is 383 g/mol. The third-order valence-corrected chi connectivity index (χ3v) is 4.59. The maximum atomic E-state index is 14.3. The van der Waals surface area contributed by atoms with Gasteiger partial charge in [-0.3, -0.25) is 4.79 Å². The Balaban J connectivity index is 0.000000855. The van der Waals surface area contributed by atoms with E-state index in [2.05, 4.69) is 0 Å². The number of hydrogen-bond acceptors (Lipinski definition) is 2. The second kappa shape index (κ2) is 12.9. The number of carbonyl (C=O) groups is 1. The fraction of sp³-hybridized carbons (Fsp3) is 0.208. The second-order valence-electron chi connectivity index (χ2n) is 5.11. The summed E-state index contributed by atoms with van der Waals surface area (Å²) in [5.41, 5.74) is 2.08. The molecule has 0 saturated carbocycles. The summed E-state index contributed by atoms with van der Waals surface area (Å²) in [5.74, 6) is 0.181. The quantitative estimate of drug-likeness (QED) is 0.338. The van der Waals surface area contributed by atoms with Crippen LogP contribution in [0.1, 0.15) is 49.2 Å². The van der Waals surface area contributed by atoms with Crippen LogP contribution in [0.4, 0.5) is 4.39 Å². The summed E-state index contributed by atoms with van der Waals surface area (Å²) in [7, 11) is 0. The first-order chi connectivity index (χ1) is 13.2. The lowest BCUT2D eigenvalue weighted by Gasteiger charge is -2.06. The highest BCUT2D eigenvalue weighted by Gasteiger charge is 2.12. The highest BCUT2D eigenvalue weighted by Crippen LogP contribution is 2.26. The van der Waals surface area contributed by atoms with Crippen molar-refractivity contribution in [3.63, 3.8) is 0 Å². The Kier molecular flexibility index (Phi) is 10.8. The van der Waals surface area contributed by atoms with E-state index in [1.165, 1.54) is 17.8 Å². The second-order valence-corrected chi connectivity index (χ2v) is 6.13. The molecule has 0 aliphatic rings. The Hall–Kier alpha value is -2.39. The maximum Gasteiger partial charge on any atom is 0.193 e. The lowest BCUT2D eigenvalue weighted by molar-refractivity contribution is 0.103. The summed E-state index contributed by atoms with van der Waals surface area (Å²) in [6.45, 7) is 8.00. The zero-order chi connectivity index (χ0) is 20.1. The van der Waals surface area contributed by atoms with Crippen LogP contribution in [0, 0.1) is 5.82 Å². The van der Waals surface area contributed by atoms with Gasteiger partial charge in [0.1, 0.15) is 5.82 Å². The molecule has 0 radical (unpaired) electrons. The number of rotatable bonds is 5. The van der Waals surface area contributed by atoms with Crippen molar-refractivity contribution in [2.24, 2.45) is 0 Å². The van der Waals surface area contributed by atoms with E-state index in [4.69, 9.17) is 0 Å². The van der Waals surface area contributed by atoms with Crippen molar-refractivity contribution >= 4 is 17.5 Å². The van der Waals surface area contributed by atoms with Crippen molar-refractivity contribution in [1.82, 2.24) is 0 Å². The van der Waals surface area contributed by atoms with Crippen LogP contribution in [-0.2, 0) is 5.75 Å². The number of carbonyl (C=O) groups excluding carboxylic acids is 1. The Labute approximate surface area is 166 Å². The van der Waals surface area contributed by atoms with Crippen LogP contribution in [0.5, 0.6) is 0 Å². The number of hydrogen-bond donors (Lipinski definition) is 0. The topological polar surface area (TPSA) is 17.1 Å². The predicted octanol–water partition coefficient (Wildman–Crippen LogP) is 7.40. The van der Waals surface area contributed by atoms with Gasteiger partial charge in [0.15, 0.2) is 5.78 Å². The van der Waals surface area contributed by atoms with E-state index in [0.29, 0.717) is 21.8 Å². The molecule has 0 spiro atoms. The first-order valence-corrected chi connectivity index (χ1v) is 10.3. The highest BCUT2D eigenvalue weighted by molar-refractivity contribution is 7.98. The fourth-order valence-corrected chi connectivity index (χ4v) is 3.13. The van der Waals surface area contributed by atoms with Gasteiger partial charge in [-0.2, -0.15) is 0 Å². The van der Waals surface area contributed by atoms with E-state index in [1.54, 1.807) is 36.4 Å². The molecule has 0 atom stereocenters. The first-order valence-electron chi connectivity index (χ1n) is 9.30. The van der Waals surface area contributed by atoms with Crippen LogP contribution in [0.2, 0.25) is 0 Å². The molecule has 0 aromatic heterocycles. The number of ketones is 1. The smallest absolute Gasteiger partial charge is 0.193 e. The lowest BCUT2D eigenvalue weighted by atomic mass is 10.0. The molecular formula is C24H27FOS. The monoisotopic (exact) mass is 382 g/mol. The van der Waals surface area contributed by atoms with Gasteiger partial charge >= 0.3 is 0 Å². The van der Waals surface area contributed by atoms with Gasteiger partial charge in [-0.25, -0.2) is 4.39 Å². The number of halogens is 1. The fourth-order valence-electron chi connectivity index (χ4n) is 2.25. The van der Waals surface area contributed by atoms with Gasteiger partial charge in [-0.15, -0.1) is 11.8 Å². The highest BCUT2D eigenvalue weighted by atomic mass is 32.2. The van der Waals surface area contributed by atoms with Crippen molar-refractivity contribution in [2.45, 2.75) is 38.3 Å². The molecule has 3 aromatic carbocycles. The Morgan fingerprint density at radius 2 is 1.33 bits per heavy atom. The SMILES string of the molecule is CC.CC.O=C(c1ccccc1)c1ccc(SCc2ccccc2)c(F)c1. The van der Waals surface area contributed by atoms with Crippen LogP contribution in [0.25, 0.3) is 0 Å². The molecule has 142 valence electrons. The molecule has 3 aromatic rings. The molecular weight excluding hydrogens is 355 g/mol. The molecule has 0 heterocycles. The Bertz CT molecular complexity index is 801. The molecule has 3 rings (SSSR count). The van der Waals surface area contributed by atoms with Crippen molar-refractivity contribution < 1.29 is 9.18 Å². The Morgan fingerprint density at radius 3 is 1.89 bits per heavy atom. The molecule has 0 aliphatic carbocycles. The molecule has 0 fully saturated rings. The minimum atomic E-state index is -0.354. The van der Waals surface area contributed by atoms with E-state index >= 15 is 0 Å². The van der Waals surface area contributed by atoms with E-state index in [9.17, 15) is 9.18 Å². The standard InChI is InChI=1S/C20H15FOS.2C2H6/c21-18-13-17(20(22)16-9-5-2-6-10-16)11-12-19(18)23-14-15-7-3-1-4-8-15;2*1-2/h1-13H,14H2;2*1-2H3. The van der Waals surface area contributed by atoms with E-state index in [-0.39, 0.29) is 11.6 Å². The van der Waals surface area contributed by atoms with Gasteiger partial charge in [-0.05, 0) is 23.8 Å². The predicted molar refractivity (Wildman–Crippen MR) is 115 cm³/mol. The van der Waals surface area contributed by atoms with Gasteiger partial charge in [0.2, 0.25) is 0 Å². The van der Waals surface area contributed by atoms with Gasteiger partial charge in [-0.1, -0.05) is 88.4 Å². The molecule has 0 N–H and O–H groups in total. The molecule has 3 heteroatoms. The zero-order valence-electron chi connectivity index (χ0n) is 16.4. The maximum absolute atomic E-state index is 14.3. The van der Waals surface area contributed by atoms with Crippen LogP contribution in [-0.4, -0.2) is 5.78 Å². The van der Waals surface area contributed by atoms with Gasteiger partial charge in [0, 0.05) is 21.8 Å². The van der Waals surface area contributed by atoms with E-state index < -0.39 is 0 Å². The molecule has 27 heavy (non-hydrogen) atoms. The third kappa shape index (κ3) is 7.03. The molecule has 0 saturated heterocycles. The van der Waals surface area contributed by atoms with Gasteiger partial charge in [0.05, 0.1) is 0 Å². The normalized spacial score (nSPS) is 9.37. The van der Waals surface area contributed by atoms with Crippen LogP contribution in [0.15, 0.2) is 83.8 Å². The summed E-state index contributed by atoms with van der Waals surface area (Å²) in [6.07, 6.45) is 0. The van der Waals surface area contributed by atoms with Crippen molar-refractivity contribution in [1.29, 1.82) is 0 Å². The first kappa shape index (κ1) is 22.7. The van der Waals surface area contributed by atoms with Gasteiger partial charge in [0.25, 0.3) is 0 Å². The van der Waals surface area contributed by atoms with Crippen molar-refractivity contribution in [3.8, 4) is 0 Å². The molecule has 0 amide bonds. The largest absolute Gasteiger partial charge is 0.289 e. The summed E-state index contributed by atoms with van der Waals surface area (Å²) in [6, 6.07) is 23.5. The lowest BCUT2D eigenvalue weighted by Crippen LogP contribution is -2.01. The minimum absolute atomic E-state index is 0.163. The van der Waals surface area contributed by atoms with Gasteiger partial charge < -0.3 is 0 Å². The summed E-state index contributed by atoms with van der Waals surface area (Å²) in [4.78, 5) is 12.9. The van der Waals surface area contributed by atoms with Crippen LogP contribution in [0.3, 0.4) is 0 Å². The zero-order valence-corrected chi connectivity index (χ0v) is 17.2. The number of benzene rings is 3. The molecule has 0 aliphatic heterocycles. The van der Waals surface area contributed by atoms with Crippen molar-refractivity contribution in [2.75, 3.05) is 0 Å². The number of thioether (sulfide) groups is 1.